The minimum atomic E-state index is -4.05. The number of carboxylic acid groups (broad SMARTS) is 1. The highest BCUT2D eigenvalue weighted by Crippen LogP contribution is 2.26. The number of carbonyl (C=O) groups is 1. The van der Waals surface area contributed by atoms with E-state index in [9.17, 15) is 17.6 Å². The second-order valence-electron chi connectivity index (χ2n) is 4.32. The first-order valence-electron chi connectivity index (χ1n) is 5.56. The lowest BCUT2D eigenvalue weighted by molar-refractivity contribution is 0.0691. The third kappa shape index (κ3) is 2.96. The molecule has 0 spiro atoms. The third-order valence-corrected chi connectivity index (χ3v) is 4.93. The second-order valence-corrected chi connectivity index (χ2v) is 6.92. The number of hydrogen-bond acceptors (Lipinski definition) is 3. The number of aromatic carboxylic acids is 1. The molecular weight excluding hydrogens is 341 g/mol. The van der Waals surface area contributed by atoms with E-state index in [1.165, 1.54) is 0 Å². The molecule has 0 aromatic heterocycles. The number of rotatable bonds is 4. The molecule has 0 atom stereocenters. The molecule has 2 rings (SSSR count). The molecule has 0 amide bonds. The fourth-order valence-electron chi connectivity index (χ4n) is 1.72. The van der Waals surface area contributed by atoms with E-state index < -0.39 is 32.3 Å². The third-order valence-electron chi connectivity index (χ3n) is 2.95. The summed E-state index contributed by atoms with van der Waals surface area (Å²) < 4.78 is 40.5. The number of halogens is 2. The van der Waals surface area contributed by atoms with Crippen molar-refractivity contribution in [2.45, 2.75) is 30.2 Å². The number of benzene rings is 1. The Hall–Kier alpha value is -0.990. The average molecular weight is 352 g/mol. The van der Waals surface area contributed by atoms with Gasteiger partial charge in [-0.1, -0.05) is 22.4 Å². The summed E-state index contributed by atoms with van der Waals surface area (Å²) in [7, 11) is -4.05. The highest BCUT2D eigenvalue weighted by atomic mass is 79.9. The SMILES string of the molecule is O=C(O)c1cc(Br)cc(S(=O)(=O)NC2CCC2)c1F. The number of carboxylic acids is 1. The van der Waals surface area contributed by atoms with E-state index in [0.29, 0.717) is 12.8 Å². The standard InChI is InChI=1S/C11H11BrFNO4S/c12-6-4-8(11(15)16)10(13)9(5-6)19(17,18)14-7-2-1-3-7/h4-5,7,14H,1-3H2,(H,15,16). The minimum absolute atomic E-state index is 0.195. The van der Waals surface area contributed by atoms with Gasteiger partial charge in [0.25, 0.3) is 0 Å². The van der Waals surface area contributed by atoms with Crippen molar-refractivity contribution in [2.24, 2.45) is 0 Å². The molecule has 5 nitrogen and oxygen atoms in total. The molecule has 0 unspecified atom stereocenters. The quantitative estimate of drug-likeness (QED) is 0.870. The summed E-state index contributed by atoms with van der Waals surface area (Å²) in [5.74, 6) is -2.76. The monoisotopic (exact) mass is 351 g/mol. The zero-order valence-electron chi connectivity index (χ0n) is 9.69. The lowest BCUT2D eigenvalue weighted by Gasteiger charge is -2.26. The van der Waals surface area contributed by atoms with Crippen molar-refractivity contribution < 1.29 is 22.7 Å². The lowest BCUT2D eigenvalue weighted by Crippen LogP contribution is -2.39. The van der Waals surface area contributed by atoms with Crippen molar-refractivity contribution in [2.75, 3.05) is 0 Å². The molecule has 1 aliphatic rings. The highest BCUT2D eigenvalue weighted by Gasteiger charge is 2.29. The molecule has 0 aliphatic heterocycles. The maximum Gasteiger partial charge on any atom is 0.338 e. The summed E-state index contributed by atoms with van der Waals surface area (Å²) in [6.07, 6.45) is 2.34. The van der Waals surface area contributed by atoms with Gasteiger partial charge in [0.15, 0.2) is 5.82 Å². The number of nitrogens with one attached hydrogen (secondary N) is 1. The molecule has 2 N–H and O–H groups in total. The van der Waals surface area contributed by atoms with Crippen LogP contribution < -0.4 is 4.72 Å². The van der Waals surface area contributed by atoms with Gasteiger partial charge >= 0.3 is 5.97 Å². The Morgan fingerprint density at radius 3 is 2.53 bits per heavy atom. The Bertz CT molecular complexity index is 628. The van der Waals surface area contributed by atoms with Crippen LogP contribution in [-0.2, 0) is 10.0 Å². The molecule has 8 heteroatoms. The van der Waals surface area contributed by atoms with E-state index >= 15 is 0 Å². The first-order chi connectivity index (χ1) is 8.81. The molecule has 19 heavy (non-hydrogen) atoms. The van der Waals surface area contributed by atoms with E-state index in [1.807, 2.05) is 0 Å². The van der Waals surface area contributed by atoms with Gasteiger partial charge in [0.2, 0.25) is 10.0 Å². The van der Waals surface area contributed by atoms with E-state index in [1.54, 1.807) is 0 Å². The molecule has 1 aliphatic carbocycles. The van der Waals surface area contributed by atoms with Crippen LogP contribution in [0.15, 0.2) is 21.5 Å². The van der Waals surface area contributed by atoms with Crippen molar-refractivity contribution in [3.8, 4) is 0 Å². The fraction of sp³-hybridized carbons (Fsp3) is 0.364. The van der Waals surface area contributed by atoms with Gasteiger partial charge in [0, 0.05) is 10.5 Å². The normalized spacial score (nSPS) is 16.1. The van der Waals surface area contributed by atoms with Crippen LogP contribution in [0.25, 0.3) is 0 Å². The van der Waals surface area contributed by atoms with Gasteiger partial charge in [-0.3, -0.25) is 0 Å². The van der Waals surface area contributed by atoms with Gasteiger partial charge in [0.05, 0.1) is 5.56 Å². The topological polar surface area (TPSA) is 83.5 Å². The van der Waals surface area contributed by atoms with Crippen molar-refractivity contribution in [1.29, 1.82) is 0 Å². The Kier molecular flexibility index (Phi) is 3.93. The largest absolute Gasteiger partial charge is 0.478 e. The molecule has 0 radical (unpaired) electrons. The van der Waals surface area contributed by atoms with Gasteiger partial charge < -0.3 is 5.11 Å². The predicted molar refractivity (Wildman–Crippen MR) is 69.0 cm³/mol. The summed E-state index contributed by atoms with van der Waals surface area (Å²) in [6, 6.07) is 1.89. The maximum absolute atomic E-state index is 14.0. The molecular formula is C11H11BrFNO4S. The highest BCUT2D eigenvalue weighted by molar-refractivity contribution is 9.10. The maximum atomic E-state index is 14.0. The fourth-order valence-corrected chi connectivity index (χ4v) is 3.76. The van der Waals surface area contributed by atoms with Crippen molar-refractivity contribution in [1.82, 2.24) is 4.72 Å². The second kappa shape index (κ2) is 5.18. The van der Waals surface area contributed by atoms with Gasteiger partial charge in [-0.05, 0) is 25.0 Å². The Morgan fingerprint density at radius 2 is 2.05 bits per heavy atom. The predicted octanol–water partition coefficient (Wildman–Crippen LogP) is 2.12. The molecule has 1 aromatic rings. The van der Waals surface area contributed by atoms with Gasteiger partial charge in [0.1, 0.15) is 4.90 Å². The average Bonchev–Trinajstić information content (AvgIpc) is 2.26. The van der Waals surface area contributed by atoms with Crippen LogP contribution in [-0.4, -0.2) is 25.5 Å². The smallest absolute Gasteiger partial charge is 0.338 e. The molecule has 1 saturated carbocycles. The van der Waals surface area contributed by atoms with Crippen LogP contribution in [0.5, 0.6) is 0 Å². The van der Waals surface area contributed by atoms with Crippen molar-refractivity contribution in [3.05, 3.63) is 28.0 Å². The summed E-state index contributed by atoms with van der Waals surface area (Å²) >= 11 is 2.98. The van der Waals surface area contributed by atoms with Gasteiger partial charge in [-0.15, -0.1) is 0 Å². The molecule has 1 fully saturated rings. The molecule has 104 valence electrons. The van der Waals surface area contributed by atoms with Crippen LogP contribution in [0.3, 0.4) is 0 Å². The summed E-state index contributed by atoms with van der Waals surface area (Å²) in [5.41, 5.74) is -0.677. The van der Waals surface area contributed by atoms with E-state index in [4.69, 9.17) is 5.11 Å². The van der Waals surface area contributed by atoms with Crippen LogP contribution in [0, 0.1) is 5.82 Å². The molecule has 1 aromatic carbocycles. The Balaban J connectivity index is 2.46. The zero-order chi connectivity index (χ0) is 14.2. The summed E-state index contributed by atoms with van der Waals surface area (Å²) in [6.45, 7) is 0. The first-order valence-corrected chi connectivity index (χ1v) is 7.83. The number of hydrogen-bond donors (Lipinski definition) is 2. The lowest BCUT2D eigenvalue weighted by atomic mass is 9.94. The van der Waals surface area contributed by atoms with Crippen LogP contribution >= 0.6 is 15.9 Å². The van der Waals surface area contributed by atoms with Crippen molar-refractivity contribution in [3.63, 3.8) is 0 Å². The first kappa shape index (κ1) is 14.4. The summed E-state index contributed by atoms with van der Waals surface area (Å²) in [4.78, 5) is 10.2. The Morgan fingerprint density at radius 1 is 1.42 bits per heavy atom. The van der Waals surface area contributed by atoms with Crippen LogP contribution in [0.4, 0.5) is 4.39 Å². The number of sulfonamides is 1. The zero-order valence-corrected chi connectivity index (χ0v) is 12.1. The Labute approximate surface area is 118 Å². The van der Waals surface area contributed by atoms with E-state index in [0.717, 1.165) is 18.6 Å². The van der Waals surface area contributed by atoms with E-state index in [2.05, 4.69) is 20.7 Å². The molecule has 0 saturated heterocycles. The molecule has 0 bridgehead atoms. The van der Waals surface area contributed by atoms with E-state index in [-0.39, 0.29) is 10.5 Å². The van der Waals surface area contributed by atoms with Crippen molar-refractivity contribution >= 4 is 31.9 Å². The van der Waals surface area contributed by atoms with Crippen LogP contribution in [0.2, 0.25) is 0 Å². The van der Waals surface area contributed by atoms with Gasteiger partial charge in [-0.2, -0.15) is 0 Å². The van der Waals surface area contributed by atoms with Gasteiger partial charge in [-0.25, -0.2) is 22.3 Å². The summed E-state index contributed by atoms with van der Waals surface area (Å²) in [5, 5.41) is 8.84. The van der Waals surface area contributed by atoms with Crippen LogP contribution in [0.1, 0.15) is 29.6 Å². The molecule has 0 heterocycles. The minimum Gasteiger partial charge on any atom is -0.478 e.